The van der Waals surface area contributed by atoms with E-state index in [1.165, 1.54) is 7.11 Å². The Hall–Kier alpha value is -3.40. The molecule has 10 nitrogen and oxygen atoms in total. The number of methoxy groups -OCH3 is 1. The molecule has 1 fully saturated rings. The Labute approximate surface area is 160 Å². The molecule has 0 radical (unpaired) electrons. The lowest BCUT2D eigenvalue weighted by molar-refractivity contribution is -0.131. The fourth-order valence-corrected chi connectivity index (χ4v) is 3.01. The van der Waals surface area contributed by atoms with Crippen molar-refractivity contribution in [1.29, 1.82) is 0 Å². The average molecular weight is 387 g/mol. The van der Waals surface area contributed by atoms with E-state index in [2.05, 4.69) is 20.9 Å². The maximum atomic E-state index is 12.5. The molecule has 6 amide bonds. The van der Waals surface area contributed by atoms with Crippen molar-refractivity contribution in [1.82, 2.24) is 25.8 Å². The first-order valence-corrected chi connectivity index (χ1v) is 8.73. The average Bonchev–Trinajstić information content (AvgIpc) is 3.18. The number of rotatable bonds is 7. The zero-order valence-corrected chi connectivity index (χ0v) is 15.3. The van der Waals surface area contributed by atoms with Gasteiger partial charge in [-0.2, -0.15) is 0 Å². The lowest BCUT2D eigenvalue weighted by Crippen LogP contribution is -2.46. The van der Waals surface area contributed by atoms with Gasteiger partial charge in [-0.1, -0.05) is 18.2 Å². The molecule has 10 heteroatoms. The fourth-order valence-electron chi connectivity index (χ4n) is 3.01. The molecule has 0 aliphatic carbocycles. The van der Waals surface area contributed by atoms with Gasteiger partial charge >= 0.3 is 12.1 Å². The predicted molar refractivity (Wildman–Crippen MR) is 99.5 cm³/mol. The third-order valence-electron chi connectivity index (χ3n) is 4.35. The lowest BCUT2D eigenvalue weighted by Gasteiger charge is -2.13. The number of hydrogen-bond donors (Lipinski definition) is 4. The van der Waals surface area contributed by atoms with Crippen molar-refractivity contribution in [2.45, 2.75) is 12.5 Å². The van der Waals surface area contributed by atoms with E-state index in [1.807, 2.05) is 24.3 Å². The van der Waals surface area contributed by atoms with Crippen LogP contribution in [0.2, 0.25) is 0 Å². The van der Waals surface area contributed by atoms with Crippen LogP contribution >= 0.6 is 0 Å². The molecule has 3 rings (SSSR count). The molecule has 28 heavy (non-hydrogen) atoms. The Morgan fingerprint density at radius 2 is 2.04 bits per heavy atom. The van der Waals surface area contributed by atoms with Crippen molar-refractivity contribution >= 4 is 34.8 Å². The summed E-state index contributed by atoms with van der Waals surface area (Å²) in [6.07, 6.45) is 2.09. The van der Waals surface area contributed by atoms with Gasteiger partial charge in [0.15, 0.2) is 0 Å². The number of hydrogen-bond acceptors (Lipinski definition) is 5. The van der Waals surface area contributed by atoms with Gasteiger partial charge in [-0.15, -0.1) is 0 Å². The van der Waals surface area contributed by atoms with Crippen LogP contribution in [-0.4, -0.2) is 66.6 Å². The summed E-state index contributed by atoms with van der Waals surface area (Å²) in [7, 11) is 1.48. The molecule has 2 heterocycles. The number of carbonyl (C=O) groups is 4. The van der Waals surface area contributed by atoms with Gasteiger partial charge in [-0.25, -0.2) is 9.59 Å². The van der Waals surface area contributed by atoms with E-state index in [-0.39, 0.29) is 6.54 Å². The highest BCUT2D eigenvalue weighted by Crippen LogP contribution is 2.21. The molecular weight excluding hydrogens is 366 g/mol. The second kappa shape index (κ2) is 8.53. The zero-order valence-electron chi connectivity index (χ0n) is 15.3. The molecule has 1 aliphatic heterocycles. The summed E-state index contributed by atoms with van der Waals surface area (Å²) in [5, 5.41) is 8.03. The van der Waals surface area contributed by atoms with E-state index in [9.17, 15) is 19.2 Å². The van der Waals surface area contributed by atoms with Gasteiger partial charge < -0.3 is 20.4 Å². The number of imide groups is 2. The topological polar surface area (TPSA) is 133 Å². The maximum Gasteiger partial charge on any atom is 0.325 e. The third-order valence-corrected chi connectivity index (χ3v) is 4.35. The first-order valence-electron chi connectivity index (χ1n) is 8.73. The fraction of sp³-hybridized carbons (Fsp3) is 0.333. The third kappa shape index (κ3) is 4.29. The minimum absolute atomic E-state index is 0.228. The maximum absolute atomic E-state index is 12.5. The molecular formula is C18H21N5O5. The van der Waals surface area contributed by atoms with E-state index in [1.54, 1.807) is 6.20 Å². The van der Waals surface area contributed by atoms with Crippen molar-refractivity contribution in [2.75, 3.05) is 26.8 Å². The van der Waals surface area contributed by atoms with Crippen molar-refractivity contribution in [3.05, 3.63) is 36.0 Å². The van der Waals surface area contributed by atoms with Gasteiger partial charge in [0.2, 0.25) is 5.91 Å². The quantitative estimate of drug-likeness (QED) is 0.395. The van der Waals surface area contributed by atoms with Crippen LogP contribution in [0.1, 0.15) is 5.56 Å². The van der Waals surface area contributed by atoms with Crippen molar-refractivity contribution in [3.8, 4) is 0 Å². The Morgan fingerprint density at radius 3 is 2.82 bits per heavy atom. The number of ether oxygens (including phenoxy) is 1. The number of benzene rings is 1. The van der Waals surface area contributed by atoms with Crippen molar-refractivity contribution in [3.63, 3.8) is 0 Å². The summed E-state index contributed by atoms with van der Waals surface area (Å²) in [5.74, 6) is -1.27. The summed E-state index contributed by atoms with van der Waals surface area (Å²) in [6, 6.07) is 5.49. The zero-order chi connectivity index (χ0) is 20.1. The van der Waals surface area contributed by atoms with E-state index in [0.717, 1.165) is 21.4 Å². The molecule has 1 atom stereocenters. The summed E-state index contributed by atoms with van der Waals surface area (Å²) in [5.41, 5.74) is 1.82. The van der Waals surface area contributed by atoms with Crippen LogP contribution in [0.4, 0.5) is 9.59 Å². The van der Waals surface area contributed by atoms with E-state index in [0.29, 0.717) is 13.0 Å². The molecule has 0 saturated carbocycles. The van der Waals surface area contributed by atoms with Crippen LogP contribution in [0, 0.1) is 0 Å². The first kappa shape index (κ1) is 19.4. The van der Waals surface area contributed by atoms with Gasteiger partial charge in [0.25, 0.3) is 5.91 Å². The minimum Gasteiger partial charge on any atom is -0.383 e. The van der Waals surface area contributed by atoms with Gasteiger partial charge in [0.1, 0.15) is 12.6 Å². The molecule has 1 aromatic heterocycles. The molecule has 0 unspecified atom stereocenters. The van der Waals surface area contributed by atoms with Crippen LogP contribution in [0.3, 0.4) is 0 Å². The standard InChI is InChI=1S/C18H21N5O5/c1-28-7-6-19-17(26)22-15(24)10-23-16(25)14(21-18(23)27)8-11-9-20-13-5-3-2-4-12(11)13/h2-5,9,14,20H,6-8,10H2,1H3,(H,21,27)(H2,19,22,24,26)/t14-/m1/s1. The van der Waals surface area contributed by atoms with Gasteiger partial charge in [-0.3, -0.25) is 19.8 Å². The Kier molecular flexibility index (Phi) is 5.90. The number of aromatic amines is 1. The van der Waals surface area contributed by atoms with Crippen LogP contribution in [0.15, 0.2) is 30.5 Å². The number of aromatic nitrogens is 1. The number of para-hydroxylation sites is 1. The minimum atomic E-state index is -0.768. The summed E-state index contributed by atoms with van der Waals surface area (Å²) >= 11 is 0. The van der Waals surface area contributed by atoms with Crippen molar-refractivity contribution in [2.24, 2.45) is 0 Å². The molecule has 2 aromatic rings. The van der Waals surface area contributed by atoms with Gasteiger partial charge in [0.05, 0.1) is 6.61 Å². The molecule has 4 N–H and O–H groups in total. The Morgan fingerprint density at radius 1 is 1.25 bits per heavy atom. The second-order valence-electron chi connectivity index (χ2n) is 6.29. The lowest BCUT2D eigenvalue weighted by atomic mass is 10.1. The second-order valence-corrected chi connectivity index (χ2v) is 6.29. The van der Waals surface area contributed by atoms with Crippen LogP contribution < -0.4 is 16.0 Å². The SMILES string of the molecule is COCCNC(=O)NC(=O)CN1C(=O)N[C@H](Cc2c[nH]c3ccccc23)C1=O. The molecule has 1 aromatic carbocycles. The highest BCUT2D eigenvalue weighted by atomic mass is 16.5. The molecule has 0 spiro atoms. The molecule has 1 saturated heterocycles. The largest absolute Gasteiger partial charge is 0.383 e. The van der Waals surface area contributed by atoms with E-state index in [4.69, 9.17) is 4.74 Å². The van der Waals surface area contributed by atoms with Crippen LogP contribution in [0.5, 0.6) is 0 Å². The molecule has 1 aliphatic rings. The van der Waals surface area contributed by atoms with Crippen molar-refractivity contribution < 1.29 is 23.9 Å². The number of H-pyrrole nitrogens is 1. The number of amides is 6. The summed E-state index contributed by atoms with van der Waals surface area (Å²) in [4.78, 5) is 52.1. The molecule has 148 valence electrons. The van der Waals surface area contributed by atoms with Gasteiger partial charge in [-0.05, 0) is 11.6 Å². The number of urea groups is 2. The monoisotopic (exact) mass is 387 g/mol. The number of fused-ring (bicyclic) bond motifs is 1. The van der Waals surface area contributed by atoms with E-state index >= 15 is 0 Å². The first-order chi connectivity index (χ1) is 13.5. The Bertz CT molecular complexity index is 909. The smallest absolute Gasteiger partial charge is 0.325 e. The van der Waals surface area contributed by atoms with Gasteiger partial charge in [0, 0.05) is 37.2 Å². The number of nitrogens with one attached hydrogen (secondary N) is 4. The van der Waals surface area contributed by atoms with Crippen LogP contribution in [0.25, 0.3) is 10.9 Å². The normalized spacial score (nSPS) is 16.3. The summed E-state index contributed by atoms with van der Waals surface area (Å²) < 4.78 is 4.78. The van der Waals surface area contributed by atoms with E-state index < -0.39 is 36.5 Å². The number of carbonyl (C=O) groups excluding carboxylic acids is 4. The Balaban J connectivity index is 1.57. The highest BCUT2D eigenvalue weighted by molar-refractivity contribution is 6.08. The number of nitrogens with zero attached hydrogens (tertiary/aromatic N) is 1. The molecule has 0 bridgehead atoms. The van der Waals surface area contributed by atoms with Crippen LogP contribution in [-0.2, 0) is 20.7 Å². The summed E-state index contributed by atoms with van der Waals surface area (Å²) in [6.45, 7) is -0.0116. The predicted octanol–water partition coefficient (Wildman–Crippen LogP) is 0.103. The highest BCUT2D eigenvalue weighted by Gasteiger charge is 2.39.